The normalized spacial score (nSPS) is 19.8. The molecule has 0 radical (unpaired) electrons. The Balaban J connectivity index is 1.53. The van der Waals surface area contributed by atoms with Crippen LogP contribution in [0.2, 0.25) is 5.02 Å². The van der Waals surface area contributed by atoms with Crippen LogP contribution in [-0.4, -0.2) is 40.5 Å². The quantitative estimate of drug-likeness (QED) is 0.717. The number of methoxy groups -OCH3 is 1. The van der Waals surface area contributed by atoms with Crippen molar-refractivity contribution in [1.29, 1.82) is 0 Å². The lowest BCUT2D eigenvalue weighted by atomic mass is 9.93. The summed E-state index contributed by atoms with van der Waals surface area (Å²) in [5.74, 6) is 0.947. The maximum Gasteiger partial charge on any atom is 0.271 e. The van der Waals surface area contributed by atoms with Gasteiger partial charge in [-0.1, -0.05) is 11.6 Å². The highest BCUT2D eigenvalue weighted by atomic mass is 35.5. The molecule has 8 heteroatoms. The number of aliphatic hydroxyl groups excluding tert-OH is 1. The molecule has 2 aromatic rings. The molecular weight excluding hydrogens is 358 g/mol. The summed E-state index contributed by atoms with van der Waals surface area (Å²) in [7, 11) is 1.57. The van der Waals surface area contributed by atoms with Gasteiger partial charge in [0.05, 0.1) is 23.9 Å². The van der Waals surface area contributed by atoms with Crippen molar-refractivity contribution in [3.05, 3.63) is 40.7 Å². The van der Waals surface area contributed by atoms with Crippen molar-refractivity contribution in [2.24, 2.45) is 0 Å². The lowest BCUT2D eigenvalue weighted by Crippen LogP contribution is -2.38. The summed E-state index contributed by atoms with van der Waals surface area (Å²) in [5.41, 5.74) is 0.983. The summed E-state index contributed by atoms with van der Waals surface area (Å²) in [6.07, 6.45) is 2.74. The van der Waals surface area contributed by atoms with Gasteiger partial charge in [0.25, 0.3) is 5.91 Å². The third-order valence-electron chi connectivity index (χ3n) is 4.42. The smallest absolute Gasteiger partial charge is 0.271 e. The van der Waals surface area contributed by atoms with E-state index < -0.39 is 0 Å². The molecule has 0 saturated heterocycles. The van der Waals surface area contributed by atoms with E-state index in [9.17, 15) is 9.90 Å². The summed E-state index contributed by atoms with van der Waals surface area (Å²) in [6, 6.07) is 6.89. The van der Waals surface area contributed by atoms with E-state index >= 15 is 0 Å². The van der Waals surface area contributed by atoms with Crippen LogP contribution in [0.1, 0.15) is 41.9 Å². The molecule has 26 heavy (non-hydrogen) atoms. The molecule has 7 nitrogen and oxygen atoms in total. The van der Waals surface area contributed by atoms with Gasteiger partial charge in [-0.25, -0.2) is 0 Å². The van der Waals surface area contributed by atoms with Gasteiger partial charge in [-0.05, 0) is 43.9 Å². The first-order valence-electron chi connectivity index (χ1n) is 8.54. The molecule has 1 fully saturated rings. The number of amides is 1. The number of nitrogens with zero attached hydrogens (tertiary/aromatic N) is 1. The zero-order valence-corrected chi connectivity index (χ0v) is 15.3. The average molecular weight is 380 g/mol. The zero-order chi connectivity index (χ0) is 18.5. The Bertz CT molecular complexity index is 757. The molecule has 1 amide bonds. The molecule has 3 rings (SSSR count). The monoisotopic (exact) mass is 379 g/mol. The number of halogens is 1. The van der Waals surface area contributed by atoms with Crippen LogP contribution in [0.5, 0.6) is 11.5 Å². The third kappa shape index (κ3) is 4.68. The van der Waals surface area contributed by atoms with Crippen molar-refractivity contribution in [3.8, 4) is 11.5 Å². The maximum absolute atomic E-state index is 12.3. The van der Waals surface area contributed by atoms with Gasteiger partial charge in [0.2, 0.25) is 0 Å². The van der Waals surface area contributed by atoms with Crippen molar-refractivity contribution in [2.75, 3.05) is 7.11 Å². The fraction of sp³-hybridized carbons (Fsp3) is 0.444. The summed E-state index contributed by atoms with van der Waals surface area (Å²) < 4.78 is 10.8. The molecule has 0 atom stereocenters. The standard InChI is InChI=1S/C18H22ClN3O4/c1-25-14-6-7-17(15(19)9-14)26-10-12-8-16(22-21-12)18(24)20-11-2-4-13(23)5-3-11/h6-9,11,13,23H,2-5,10H2,1H3,(H,20,24)(H,21,22). The minimum Gasteiger partial charge on any atom is -0.497 e. The number of aromatic nitrogens is 2. The number of carbonyl (C=O) groups is 1. The van der Waals surface area contributed by atoms with Gasteiger partial charge in [0.1, 0.15) is 23.8 Å². The van der Waals surface area contributed by atoms with Gasteiger partial charge in [-0.3, -0.25) is 9.89 Å². The first-order valence-corrected chi connectivity index (χ1v) is 8.92. The predicted octanol–water partition coefficient (Wildman–Crippen LogP) is 2.68. The van der Waals surface area contributed by atoms with Crippen LogP contribution >= 0.6 is 11.6 Å². The number of hydrogen-bond donors (Lipinski definition) is 3. The number of H-pyrrole nitrogens is 1. The number of rotatable bonds is 6. The second-order valence-electron chi connectivity index (χ2n) is 6.34. The molecule has 0 spiro atoms. The lowest BCUT2D eigenvalue weighted by Gasteiger charge is -2.25. The number of aromatic amines is 1. The summed E-state index contributed by atoms with van der Waals surface area (Å²) in [5, 5.41) is 19.8. The number of benzene rings is 1. The van der Waals surface area contributed by atoms with Gasteiger partial charge in [0, 0.05) is 12.1 Å². The summed E-state index contributed by atoms with van der Waals surface area (Å²) in [6.45, 7) is 0.210. The Hall–Kier alpha value is -2.25. The predicted molar refractivity (Wildman–Crippen MR) is 96.7 cm³/mol. The Labute approximate surface area is 156 Å². The molecule has 1 aromatic heterocycles. The first kappa shape index (κ1) is 18.5. The van der Waals surface area contributed by atoms with E-state index in [1.807, 2.05) is 0 Å². The zero-order valence-electron chi connectivity index (χ0n) is 14.5. The molecule has 1 aromatic carbocycles. The van der Waals surface area contributed by atoms with Gasteiger partial charge < -0.3 is 19.9 Å². The van der Waals surface area contributed by atoms with Gasteiger partial charge in [-0.15, -0.1) is 0 Å². The molecule has 1 heterocycles. The molecular formula is C18H22ClN3O4. The van der Waals surface area contributed by atoms with Crippen LogP contribution in [0.15, 0.2) is 24.3 Å². The SMILES string of the molecule is COc1ccc(OCc2cc(C(=O)NC3CCC(O)CC3)n[nH]2)c(Cl)c1. The molecule has 1 saturated carbocycles. The number of hydrogen-bond acceptors (Lipinski definition) is 5. The van der Waals surface area contributed by atoms with Crippen molar-refractivity contribution < 1.29 is 19.4 Å². The van der Waals surface area contributed by atoms with E-state index in [1.165, 1.54) is 0 Å². The Kier molecular flexibility index (Phi) is 6.00. The topological polar surface area (TPSA) is 96.5 Å². The van der Waals surface area contributed by atoms with E-state index in [1.54, 1.807) is 31.4 Å². The summed E-state index contributed by atoms with van der Waals surface area (Å²) >= 11 is 6.14. The maximum atomic E-state index is 12.3. The fourth-order valence-electron chi connectivity index (χ4n) is 2.91. The van der Waals surface area contributed by atoms with Crippen LogP contribution in [-0.2, 0) is 6.61 Å². The van der Waals surface area contributed by atoms with Crippen molar-refractivity contribution in [3.63, 3.8) is 0 Å². The van der Waals surface area contributed by atoms with E-state index in [0.29, 0.717) is 40.8 Å². The highest BCUT2D eigenvalue weighted by molar-refractivity contribution is 6.32. The van der Waals surface area contributed by atoms with Gasteiger partial charge in [-0.2, -0.15) is 5.10 Å². The van der Waals surface area contributed by atoms with E-state index in [2.05, 4.69) is 15.5 Å². The highest BCUT2D eigenvalue weighted by Crippen LogP contribution is 2.29. The second-order valence-corrected chi connectivity index (χ2v) is 6.75. The van der Waals surface area contributed by atoms with Crippen molar-refractivity contribution >= 4 is 17.5 Å². The Morgan fingerprint density at radius 3 is 2.81 bits per heavy atom. The second kappa shape index (κ2) is 8.42. The molecule has 0 aliphatic heterocycles. The number of ether oxygens (including phenoxy) is 2. The van der Waals surface area contributed by atoms with Crippen LogP contribution in [0.4, 0.5) is 0 Å². The molecule has 140 valence electrons. The number of carbonyl (C=O) groups excluding carboxylic acids is 1. The van der Waals surface area contributed by atoms with Gasteiger partial charge in [0.15, 0.2) is 0 Å². The minimum atomic E-state index is -0.248. The van der Waals surface area contributed by atoms with Crippen LogP contribution in [0, 0.1) is 0 Å². The fourth-order valence-corrected chi connectivity index (χ4v) is 3.14. The summed E-state index contributed by atoms with van der Waals surface area (Å²) in [4.78, 5) is 12.3. The van der Waals surface area contributed by atoms with Crippen molar-refractivity contribution in [1.82, 2.24) is 15.5 Å². The number of aliphatic hydroxyl groups is 1. The highest BCUT2D eigenvalue weighted by Gasteiger charge is 2.22. The van der Waals surface area contributed by atoms with Crippen LogP contribution < -0.4 is 14.8 Å². The molecule has 1 aliphatic carbocycles. The molecule has 1 aliphatic rings. The van der Waals surface area contributed by atoms with E-state index in [-0.39, 0.29) is 24.7 Å². The largest absolute Gasteiger partial charge is 0.497 e. The first-order chi connectivity index (χ1) is 12.5. The third-order valence-corrected chi connectivity index (χ3v) is 4.71. The number of nitrogens with one attached hydrogen (secondary N) is 2. The van der Waals surface area contributed by atoms with Crippen LogP contribution in [0.25, 0.3) is 0 Å². The van der Waals surface area contributed by atoms with Gasteiger partial charge >= 0.3 is 0 Å². The molecule has 0 unspecified atom stereocenters. The van der Waals surface area contributed by atoms with Crippen molar-refractivity contribution in [2.45, 2.75) is 44.4 Å². The lowest BCUT2D eigenvalue weighted by molar-refractivity contribution is 0.0863. The average Bonchev–Trinajstić information content (AvgIpc) is 3.11. The van der Waals surface area contributed by atoms with E-state index in [0.717, 1.165) is 12.8 Å². The van der Waals surface area contributed by atoms with E-state index in [4.69, 9.17) is 21.1 Å². The minimum absolute atomic E-state index is 0.0837. The molecule has 0 bridgehead atoms. The molecule has 3 N–H and O–H groups in total. The Morgan fingerprint density at radius 1 is 1.35 bits per heavy atom. The Morgan fingerprint density at radius 2 is 2.12 bits per heavy atom. The van der Waals surface area contributed by atoms with Crippen LogP contribution in [0.3, 0.4) is 0 Å².